The Morgan fingerprint density at radius 2 is 1.96 bits per heavy atom. The van der Waals surface area contributed by atoms with Crippen LogP contribution < -0.4 is 15.4 Å². The van der Waals surface area contributed by atoms with Gasteiger partial charge in [0.15, 0.2) is 5.60 Å². The molecule has 0 spiro atoms. The van der Waals surface area contributed by atoms with E-state index in [0.29, 0.717) is 38.2 Å². The number of unbranched alkanes of at least 4 members (excludes halogenated alkanes) is 1. The molecule has 1 unspecified atom stereocenters. The highest BCUT2D eigenvalue weighted by Gasteiger charge is 2.53. The first-order valence-corrected chi connectivity index (χ1v) is 8.98. The zero-order valence-electron chi connectivity index (χ0n) is 15.4. The average molecular weight is 350 g/mol. The fourth-order valence-corrected chi connectivity index (χ4v) is 3.03. The van der Waals surface area contributed by atoms with Crippen molar-refractivity contribution < 1.29 is 19.4 Å². The van der Waals surface area contributed by atoms with E-state index in [1.807, 2.05) is 12.1 Å². The van der Waals surface area contributed by atoms with Crippen LogP contribution in [0.25, 0.3) is 0 Å². The number of hydrogen-bond donors (Lipinski definition) is 3. The quantitative estimate of drug-likeness (QED) is 0.627. The van der Waals surface area contributed by atoms with Gasteiger partial charge in [0.2, 0.25) is 0 Å². The van der Waals surface area contributed by atoms with Crippen LogP contribution in [-0.2, 0) is 9.53 Å². The first-order valence-electron chi connectivity index (χ1n) is 8.98. The predicted octanol–water partition coefficient (Wildman–Crippen LogP) is 2.32. The van der Waals surface area contributed by atoms with Crippen molar-refractivity contribution in [2.75, 3.05) is 32.1 Å². The lowest BCUT2D eigenvalue weighted by Gasteiger charge is -2.44. The minimum Gasteiger partial charge on any atom is -0.494 e. The number of amides is 1. The summed E-state index contributed by atoms with van der Waals surface area (Å²) in [6.07, 6.45) is 3.03. The first kappa shape index (κ1) is 19.7. The van der Waals surface area contributed by atoms with E-state index in [2.05, 4.69) is 17.6 Å². The number of nitrogens with one attached hydrogen (secondary N) is 2. The molecule has 1 aliphatic heterocycles. The number of benzene rings is 1. The van der Waals surface area contributed by atoms with Crippen molar-refractivity contribution in [2.45, 2.75) is 50.7 Å². The predicted molar refractivity (Wildman–Crippen MR) is 97.9 cm³/mol. The summed E-state index contributed by atoms with van der Waals surface area (Å²) in [6.45, 7) is 5.77. The summed E-state index contributed by atoms with van der Waals surface area (Å²) in [6, 6.07) is 7.24. The topological polar surface area (TPSA) is 79.8 Å². The van der Waals surface area contributed by atoms with E-state index in [1.54, 1.807) is 19.1 Å². The van der Waals surface area contributed by atoms with Crippen LogP contribution >= 0.6 is 0 Å². The van der Waals surface area contributed by atoms with Crippen LogP contribution in [0.5, 0.6) is 5.75 Å². The van der Waals surface area contributed by atoms with Gasteiger partial charge < -0.3 is 25.2 Å². The lowest BCUT2D eigenvalue weighted by atomic mass is 9.76. The van der Waals surface area contributed by atoms with Crippen molar-refractivity contribution in [3.8, 4) is 5.75 Å². The molecule has 2 rings (SSSR count). The molecule has 0 aliphatic carbocycles. The molecule has 1 fully saturated rings. The molecule has 140 valence electrons. The second-order valence-corrected chi connectivity index (χ2v) is 6.70. The summed E-state index contributed by atoms with van der Waals surface area (Å²) in [4.78, 5) is 12.8. The van der Waals surface area contributed by atoms with Crippen molar-refractivity contribution in [2.24, 2.45) is 0 Å². The molecule has 0 bridgehead atoms. The maximum Gasteiger partial charge on any atom is 0.259 e. The second kappa shape index (κ2) is 8.65. The zero-order valence-corrected chi connectivity index (χ0v) is 15.4. The largest absolute Gasteiger partial charge is 0.494 e. The summed E-state index contributed by atoms with van der Waals surface area (Å²) in [5, 5.41) is 17.0. The molecule has 1 saturated heterocycles. The number of ether oxygens (including phenoxy) is 2. The smallest absolute Gasteiger partial charge is 0.259 e. The number of carbonyl (C=O) groups excluding carboxylic acids is 1. The van der Waals surface area contributed by atoms with E-state index in [-0.39, 0.29) is 5.91 Å². The van der Waals surface area contributed by atoms with Gasteiger partial charge in [-0.2, -0.15) is 0 Å². The van der Waals surface area contributed by atoms with Gasteiger partial charge in [-0.3, -0.25) is 4.79 Å². The molecule has 3 N–H and O–H groups in total. The first-order chi connectivity index (χ1) is 11.9. The van der Waals surface area contributed by atoms with Gasteiger partial charge in [-0.05, 0) is 63.5 Å². The van der Waals surface area contributed by atoms with Gasteiger partial charge in [0.05, 0.1) is 6.61 Å². The van der Waals surface area contributed by atoms with E-state index in [1.165, 1.54) is 7.11 Å². The Labute approximate surface area is 149 Å². The Hall–Kier alpha value is -1.63. The van der Waals surface area contributed by atoms with Gasteiger partial charge in [0.1, 0.15) is 11.4 Å². The molecule has 6 heteroatoms. The molecule has 25 heavy (non-hydrogen) atoms. The molecule has 0 aromatic heterocycles. The third-order valence-electron chi connectivity index (χ3n) is 5.04. The highest BCUT2D eigenvalue weighted by molar-refractivity contribution is 5.98. The number of aliphatic hydroxyl groups is 1. The van der Waals surface area contributed by atoms with E-state index in [4.69, 9.17) is 9.47 Å². The molecular formula is C19H30N2O4. The number of carbonyl (C=O) groups is 1. The SMILES string of the molecule is CCCCOc1ccc(NC(=O)C(C)(OC)C2(O)CCNCC2)cc1. The van der Waals surface area contributed by atoms with Crippen LogP contribution in [0.1, 0.15) is 39.5 Å². The lowest BCUT2D eigenvalue weighted by Crippen LogP contribution is -2.63. The third-order valence-corrected chi connectivity index (χ3v) is 5.04. The monoisotopic (exact) mass is 350 g/mol. The molecule has 0 radical (unpaired) electrons. The van der Waals surface area contributed by atoms with E-state index in [9.17, 15) is 9.90 Å². The Bertz CT molecular complexity index is 555. The molecule has 1 aromatic carbocycles. The van der Waals surface area contributed by atoms with Gasteiger partial charge in [-0.1, -0.05) is 13.3 Å². The maximum absolute atomic E-state index is 12.8. The van der Waals surface area contributed by atoms with Gasteiger partial charge >= 0.3 is 0 Å². The molecule has 1 aromatic rings. The second-order valence-electron chi connectivity index (χ2n) is 6.70. The normalized spacial score (nSPS) is 19.0. The Morgan fingerprint density at radius 3 is 2.52 bits per heavy atom. The Balaban J connectivity index is 2.03. The molecular weight excluding hydrogens is 320 g/mol. The van der Waals surface area contributed by atoms with Gasteiger partial charge in [0, 0.05) is 12.8 Å². The van der Waals surface area contributed by atoms with Gasteiger partial charge in [0.25, 0.3) is 5.91 Å². The van der Waals surface area contributed by atoms with Crippen molar-refractivity contribution in [3.63, 3.8) is 0 Å². The van der Waals surface area contributed by atoms with Crippen molar-refractivity contribution in [1.82, 2.24) is 5.32 Å². The Kier molecular flexibility index (Phi) is 6.81. The summed E-state index contributed by atoms with van der Waals surface area (Å²) in [7, 11) is 1.46. The third kappa shape index (κ3) is 4.51. The highest BCUT2D eigenvalue weighted by Crippen LogP contribution is 2.34. The summed E-state index contributed by atoms with van der Waals surface area (Å²) in [5.41, 5.74) is -1.86. The molecule has 1 amide bonds. The molecule has 1 atom stereocenters. The van der Waals surface area contributed by atoms with Crippen LogP contribution in [0.3, 0.4) is 0 Å². The van der Waals surface area contributed by atoms with Crippen molar-refractivity contribution in [3.05, 3.63) is 24.3 Å². The lowest BCUT2D eigenvalue weighted by molar-refractivity contribution is -0.181. The molecule has 1 heterocycles. The van der Waals surface area contributed by atoms with E-state index < -0.39 is 11.2 Å². The van der Waals surface area contributed by atoms with Gasteiger partial charge in [-0.15, -0.1) is 0 Å². The Morgan fingerprint density at radius 1 is 1.32 bits per heavy atom. The van der Waals surface area contributed by atoms with Crippen LogP contribution in [-0.4, -0.2) is 49.0 Å². The van der Waals surface area contributed by atoms with Crippen LogP contribution in [0, 0.1) is 0 Å². The van der Waals surface area contributed by atoms with Crippen LogP contribution in [0.2, 0.25) is 0 Å². The van der Waals surface area contributed by atoms with Crippen LogP contribution in [0.4, 0.5) is 5.69 Å². The van der Waals surface area contributed by atoms with E-state index in [0.717, 1.165) is 18.6 Å². The number of methoxy groups -OCH3 is 1. The number of hydrogen-bond acceptors (Lipinski definition) is 5. The zero-order chi connectivity index (χ0) is 18.3. The summed E-state index contributed by atoms with van der Waals surface area (Å²) < 4.78 is 11.1. The minimum atomic E-state index is -1.31. The fourth-order valence-electron chi connectivity index (χ4n) is 3.03. The number of anilines is 1. The fraction of sp³-hybridized carbons (Fsp3) is 0.632. The van der Waals surface area contributed by atoms with Crippen molar-refractivity contribution in [1.29, 1.82) is 0 Å². The molecule has 0 saturated carbocycles. The van der Waals surface area contributed by atoms with E-state index >= 15 is 0 Å². The summed E-state index contributed by atoms with van der Waals surface area (Å²) in [5.74, 6) is 0.428. The van der Waals surface area contributed by atoms with Gasteiger partial charge in [-0.25, -0.2) is 0 Å². The molecule has 6 nitrogen and oxygen atoms in total. The van der Waals surface area contributed by atoms with Crippen molar-refractivity contribution >= 4 is 11.6 Å². The van der Waals surface area contributed by atoms with Crippen LogP contribution in [0.15, 0.2) is 24.3 Å². The standard InChI is InChI=1S/C19H30N2O4/c1-4-5-14-25-16-8-6-15(7-9-16)21-17(22)18(2,24-3)19(23)10-12-20-13-11-19/h6-9,20,23H,4-5,10-14H2,1-3H3,(H,21,22). The average Bonchev–Trinajstić information content (AvgIpc) is 2.63. The minimum absolute atomic E-state index is 0.348. The highest BCUT2D eigenvalue weighted by atomic mass is 16.5. The summed E-state index contributed by atoms with van der Waals surface area (Å²) >= 11 is 0. The number of rotatable bonds is 8. The molecule has 1 aliphatic rings. The number of piperidine rings is 1. The maximum atomic E-state index is 12.8.